The zero-order valence-corrected chi connectivity index (χ0v) is 6.85. The zero-order chi connectivity index (χ0) is 8.48. The van der Waals surface area contributed by atoms with E-state index in [1.165, 1.54) is 12.1 Å². The summed E-state index contributed by atoms with van der Waals surface area (Å²) in [5.74, 6) is 0. The van der Waals surface area contributed by atoms with Gasteiger partial charge in [0.1, 0.15) is 4.90 Å². The van der Waals surface area contributed by atoms with Crippen molar-refractivity contribution in [3.8, 4) is 0 Å². The Kier molecular flexibility index (Phi) is 2.17. The molecular weight excluding hydrogens is 188 g/mol. The van der Waals surface area contributed by atoms with Gasteiger partial charge in [-0.1, -0.05) is 17.7 Å². The maximum atomic E-state index is 10.5. The van der Waals surface area contributed by atoms with Crippen LogP contribution >= 0.6 is 11.6 Å². The summed E-state index contributed by atoms with van der Waals surface area (Å²) in [7, 11) is -4.20. The Morgan fingerprint density at radius 3 is 2.55 bits per heavy atom. The van der Waals surface area contributed by atoms with E-state index < -0.39 is 10.1 Å². The SMILES string of the molecule is O=S(=O)(O)c1c[c]ccc1Cl. The van der Waals surface area contributed by atoms with Crippen LogP contribution in [-0.2, 0) is 10.1 Å². The monoisotopic (exact) mass is 191 g/mol. The number of benzene rings is 1. The standard InChI is InChI=1S/C6H4ClO3S/c7-5-3-1-2-4-6(5)11(8,9)10/h1,3-4H,(H,8,9,10). The van der Waals surface area contributed by atoms with Crippen molar-refractivity contribution in [1.82, 2.24) is 0 Å². The second-order valence-corrected chi connectivity index (χ2v) is 3.63. The summed E-state index contributed by atoms with van der Waals surface area (Å²) in [6, 6.07) is 6.39. The van der Waals surface area contributed by atoms with E-state index in [1.807, 2.05) is 0 Å². The molecule has 3 nitrogen and oxygen atoms in total. The van der Waals surface area contributed by atoms with E-state index in [4.69, 9.17) is 16.2 Å². The third-order valence-corrected chi connectivity index (χ3v) is 2.39. The average molecular weight is 192 g/mol. The van der Waals surface area contributed by atoms with Crippen LogP contribution in [0.3, 0.4) is 0 Å². The minimum absolute atomic E-state index is 0.00810. The highest BCUT2D eigenvalue weighted by molar-refractivity contribution is 7.86. The van der Waals surface area contributed by atoms with Gasteiger partial charge in [0.25, 0.3) is 10.1 Å². The number of hydrogen-bond acceptors (Lipinski definition) is 2. The van der Waals surface area contributed by atoms with Crippen molar-refractivity contribution >= 4 is 21.7 Å². The van der Waals surface area contributed by atoms with Crippen LogP contribution in [0, 0.1) is 6.07 Å². The Morgan fingerprint density at radius 1 is 1.55 bits per heavy atom. The highest BCUT2D eigenvalue weighted by Gasteiger charge is 2.12. The summed E-state index contributed by atoms with van der Waals surface area (Å²) < 4.78 is 29.5. The van der Waals surface area contributed by atoms with Gasteiger partial charge >= 0.3 is 0 Å². The first-order chi connectivity index (χ1) is 5.02. The minimum atomic E-state index is -4.20. The Morgan fingerprint density at radius 2 is 2.18 bits per heavy atom. The fourth-order valence-corrected chi connectivity index (χ4v) is 1.54. The van der Waals surface area contributed by atoms with Crippen molar-refractivity contribution in [3.63, 3.8) is 0 Å². The van der Waals surface area contributed by atoms with Crippen LogP contribution < -0.4 is 0 Å². The summed E-state index contributed by atoms with van der Waals surface area (Å²) >= 11 is 5.45. The molecule has 1 rings (SSSR count). The van der Waals surface area contributed by atoms with Gasteiger partial charge in [0, 0.05) is 0 Å². The van der Waals surface area contributed by atoms with Crippen LogP contribution in [0.2, 0.25) is 5.02 Å². The summed E-state index contributed by atoms with van der Waals surface area (Å²) in [5, 5.41) is -0.00810. The van der Waals surface area contributed by atoms with Crippen LogP contribution in [0.5, 0.6) is 0 Å². The molecule has 0 aromatic heterocycles. The molecule has 0 aliphatic carbocycles. The van der Waals surface area contributed by atoms with Crippen LogP contribution in [0.25, 0.3) is 0 Å². The molecule has 0 bridgehead atoms. The summed E-state index contributed by atoms with van der Waals surface area (Å²) in [4.78, 5) is -0.318. The second-order valence-electron chi connectivity index (χ2n) is 1.83. The molecule has 0 fully saturated rings. The highest BCUT2D eigenvalue weighted by Crippen LogP contribution is 2.19. The predicted octanol–water partition coefficient (Wildman–Crippen LogP) is 1.39. The smallest absolute Gasteiger partial charge is 0.282 e. The van der Waals surface area contributed by atoms with Gasteiger partial charge in [0.15, 0.2) is 0 Å². The van der Waals surface area contributed by atoms with Crippen molar-refractivity contribution in [2.45, 2.75) is 4.90 Å². The average Bonchev–Trinajstić information content (AvgIpc) is 1.86. The molecule has 0 saturated heterocycles. The van der Waals surface area contributed by atoms with Crippen molar-refractivity contribution in [2.75, 3.05) is 0 Å². The lowest BCUT2D eigenvalue weighted by molar-refractivity contribution is 0.483. The number of halogens is 1. The molecule has 1 aromatic rings. The Hall–Kier alpha value is -0.580. The molecule has 1 aromatic carbocycles. The van der Waals surface area contributed by atoms with Crippen LogP contribution in [0.1, 0.15) is 0 Å². The first kappa shape index (κ1) is 8.52. The van der Waals surface area contributed by atoms with Crippen LogP contribution in [0.15, 0.2) is 23.1 Å². The highest BCUT2D eigenvalue weighted by atomic mass is 35.5. The van der Waals surface area contributed by atoms with Gasteiger partial charge in [-0.25, -0.2) is 0 Å². The quantitative estimate of drug-likeness (QED) is 0.683. The lowest BCUT2D eigenvalue weighted by atomic mass is 10.4. The van der Waals surface area contributed by atoms with Gasteiger partial charge < -0.3 is 0 Å². The molecule has 5 heteroatoms. The molecule has 0 saturated carbocycles. The maximum Gasteiger partial charge on any atom is 0.296 e. The van der Waals surface area contributed by atoms with Gasteiger partial charge in [0.05, 0.1) is 5.02 Å². The van der Waals surface area contributed by atoms with E-state index in [0.717, 1.165) is 6.07 Å². The fraction of sp³-hybridized carbons (Fsp3) is 0. The second kappa shape index (κ2) is 2.81. The Labute approximate surface area is 69.4 Å². The molecule has 11 heavy (non-hydrogen) atoms. The molecule has 0 aliphatic rings. The number of hydrogen-bond donors (Lipinski definition) is 1. The van der Waals surface area contributed by atoms with E-state index in [2.05, 4.69) is 6.07 Å². The van der Waals surface area contributed by atoms with Crippen molar-refractivity contribution in [1.29, 1.82) is 0 Å². The molecule has 1 radical (unpaired) electrons. The summed E-state index contributed by atoms with van der Waals surface area (Å²) in [6.45, 7) is 0. The maximum absolute atomic E-state index is 10.5. The summed E-state index contributed by atoms with van der Waals surface area (Å²) in [5.41, 5.74) is 0. The van der Waals surface area contributed by atoms with E-state index in [9.17, 15) is 8.42 Å². The summed E-state index contributed by atoms with van der Waals surface area (Å²) in [6.07, 6.45) is 0. The fourth-order valence-electron chi connectivity index (χ4n) is 0.594. The van der Waals surface area contributed by atoms with Gasteiger partial charge in [-0.3, -0.25) is 4.55 Å². The predicted molar refractivity (Wildman–Crippen MR) is 40.1 cm³/mol. The third-order valence-electron chi connectivity index (χ3n) is 1.05. The molecule has 0 spiro atoms. The normalized spacial score (nSPS) is 11.5. The Bertz CT molecular complexity index is 358. The molecule has 0 heterocycles. The van der Waals surface area contributed by atoms with Crippen molar-refractivity contribution in [2.24, 2.45) is 0 Å². The molecular formula is C6H4ClO3S. The number of rotatable bonds is 1. The van der Waals surface area contributed by atoms with Crippen LogP contribution in [-0.4, -0.2) is 13.0 Å². The minimum Gasteiger partial charge on any atom is -0.282 e. The molecule has 1 N–H and O–H groups in total. The van der Waals surface area contributed by atoms with Gasteiger partial charge in [-0.05, 0) is 18.2 Å². The van der Waals surface area contributed by atoms with E-state index in [0.29, 0.717) is 0 Å². The molecule has 0 unspecified atom stereocenters. The van der Waals surface area contributed by atoms with Gasteiger partial charge in [-0.2, -0.15) is 8.42 Å². The van der Waals surface area contributed by atoms with E-state index in [1.54, 1.807) is 0 Å². The Balaban J connectivity index is 3.37. The molecule has 59 valence electrons. The molecule has 0 amide bonds. The first-order valence-corrected chi connectivity index (χ1v) is 4.47. The van der Waals surface area contributed by atoms with Crippen LogP contribution in [0.4, 0.5) is 0 Å². The lowest BCUT2D eigenvalue weighted by Crippen LogP contribution is -1.98. The van der Waals surface area contributed by atoms with E-state index in [-0.39, 0.29) is 9.92 Å². The zero-order valence-electron chi connectivity index (χ0n) is 5.28. The largest absolute Gasteiger partial charge is 0.296 e. The first-order valence-electron chi connectivity index (χ1n) is 2.65. The van der Waals surface area contributed by atoms with Crippen molar-refractivity contribution < 1.29 is 13.0 Å². The van der Waals surface area contributed by atoms with Crippen molar-refractivity contribution in [3.05, 3.63) is 29.3 Å². The van der Waals surface area contributed by atoms with Gasteiger partial charge in [-0.15, -0.1) is 0 Å². The lowest BCUT2D eigenvalue weighted by Gasteiger charge is -1.96. The molecule has 0 aliphatic heterocycles. The molecule has 0 atom stereocenters. The third kappa shape index (κ3) is 1.92. The topological polar surface area (TPSA) is 54.4 Å². The van der Waals surface area contributed by atoms with Gasteiger partial charge in [0.2, 0.25) is 0 Å². The van der Waals surface area contributed by atoms with E-state index >= 15 is 0 Å².